The van der Waals surface area contributed by atoms with Crippen LogP contribution in [-0.2, 0) is 6.42 Å². The minimum absolute atomic E-state index is 0.233. The van der Waals surface area contributed by atoms with Gasteiger partial charge in [0.1, 0.15) is 22.7 Å². The van der Waals surface area contributed by atoms with Gasteiger partial charge in [-0.15, -0.1) is 11.3 Å². The van der Waals surface area contributed by atoms with Crippen molar-refractivity contribution >= 4 is 21.6 Å². The molecule has 6 heteroatoms. The molecule has 0 fully saturated rings. The Hall–Kier alpha value is -2.86. The third-order valence-electron chi connectivity index (χ3n) is 4.53. The van der Waals surface area contributed by atoms with Crippen LogP contribution in [-0.4, -0.2) is 21.6 Å². The van der Waals surface area contributed by atoms with E-state index in [0.717, 1.165) is 57.6 Å². The average molecular weight is 393 g/mol. The molecule has 3 heterocycles. The summed E-state index contributed by atoms with van der Waals surface area (Å²) in [6, 6.07) is 8.57. The van der Waals surface area contributed by atoms with E-state index in [0.29, 0.717) is 6.61 Å². The summed E-state index contributed by atoms with van der Waals surface area (Å²) >= 11 is 1.59. The largest absolute Gasteiger partial charge is 0.492 e. The number of fused-ring (bicyclic) bond motifs is 1. The van der Waals surface area contributed by atoms with Gasteiger partial charge in [-0.05, 0) is 55.5 Å². The zero-order chi connectivity index (χ0) is 19.3. The van der Waals surface area contributed by atoms with E-state index in [-0.39, 0.29) is 5.82 Å². The standard InChI is InChI=1S/C22H20FN3OS/c1-15-10-18(12-24-11-15)27-9-3-2-4-20-21-19(13-28-22(21)26-14-25-20)16-5-7-17(23)8-6-16/h5-8,10-14H,2-4,9H2,1H3. The average Bonchev–Trinajstić information content (AvgIpc) is 3.13. The molecule has 1 aromatic carbocycles. The molecule has 0 N–H and O–H groups in total. The minimum Gasteiger partial charge on any atom is -0.492 e. The van der Waals surface area contributed by atoms with Crippen LogP contribution in [0.15, 0.2) is 54.4 Å². The highest BCUT2D eigenvalue weighted by molar-refractivity contribution is 7.17. The molecule has 4 nitrogen and oxygen atoms in total. The van der Waals surface area contributed by atoms with E-state index in [1.807, 2.05) is 19.2 Å². The van der Waals surface area contributed by atoms with Crippen LogP contribution < -0.4 is 4.74 Å². The molecule has 0 atom stereocenters. The lowest BCUT2D eigenvalue weighted by molar-refractivity contribution is 0.305. The van der Waals surface area contributed by atoms with Gasteiger partial charge in [0.2, 0.25) is 0 Å². The SMILES string of the molecule is Cc1cncc(OCCCCc2ncnc3scc(-c4ccc(F)cc4)c23)c1. The van der Waals surface area contributed by atoms with E-state index in [1.54, 1.807) is 36.0 Å². The molecule has 0 bridgehead atoms. The van der Waals surface area contributed by atoms with Crippen molar-refractivity contribution in [2.45, 2.75) is 26.2 Å². The van der Waals surface area contributed by atoms with Crippen molar-refractivity contribution in [1.82, 2.24) is 15.0 Å². The number of unbranched alkanes of at least 4 members (excludes halogenated alkanes) is 1. The van der Waals surface area contributed by atoms with Crippen LogP contribution in [0.5, 0.6) is 5.75 Å². The number of thiophene rings is 1. The quantitative estimate of drug-likeness (QED) is 0.383. The normalized spacial score (nSPS) is 11.1. The lowest BCUT2D eigenvalue weighted by atomic mass is 10.0. The third kappa shape index (κ3) is 4.17. The Morgan fingerprint density at radius 3 is 2.75 bits per heavy atom. The molecule has 0 radical (unpaired) electrons. The Labute approximate surface area is 167 Å². The molecule has 3 aromatic heterocycles. The summed E-state index contributed by atoms with van der Waals surface area (Å²) in [5.41, 5.74) is 4.17. The van der Waals surface area contributed by atoms with Gasteiger partial charge in [0.25, 0.3) is 0 Å². The van der Waals surface area contributed by atoms with Crippen molar-refractivity contribution in [2.24, 2.45) is 0 Å². The molecule has 0 aliphatic heterocycles. The van der Waals surface area contributed by atoms with Gasteiger partial charge in [-0.3, -0.25) is 4.98 Å². The number of aromatic nitrogens is 3. The number of nitrogens with zero attached hydrogens (tertiary/aromatic N) is 3. The van der Waals surface area contributed by atoms with Crippen LogP contribution in [0.3, 0.4) is 0 Å². The van der Waals surface area contributed by atoms with Crippen LogP contribution in [0, 0.1) is 12.7 Å². The molecular weight excluding hydrogens is 373 g/mol. The van der Waals surface area contributed by atoms with Gasteiger partial charge in [-0.1, -0.05) is 12.1 Å². The molecule has 0 amide bonds. The van der Waals surface area contributed by atoms with Gasteiger partial charge in [-0.2, -0.15) is 0 Å². The molecule has 0 spiro atoms. The first-order valence-electron chi connectivity index (χ1n) is 9.22. The fourth-order valence-corrected chi connectivity index (χ4v) is 4.10. The minimum atomic E-state index is -0.233. The van der Waals surface area contributed by atoms with Gasteiger partial charge in [0, 0.05) is 22.5 Å². The van der Waals surface area contributed by atoms with Crippen LogP contribution >= 0.6 is 11.3 Å². The summed E-state index contributed by atoms with van der Waals surface area (Å²) in [6.45, 7) is 2.65. The van der Waals surface area contributed by atoms with Gasteiger partial charge in [0.05, 0.1) is 18.5 Å². The van der Waals surface area contributed by atoms with Crippen LogP contribution in [0.2, 0.25) is 0 Å². The summed E-state index contributed by atoms with van der Waals surface area (Å²) in [7, 11) is 0. The zero-order valence-corrected chi connectivity index (χ0v) is 16.4. The van der Waals surface area contributed by atoms with Crippen molar-refractivity contribution < 1.29 is 9.13 Å². The maximum atomic E-state index is 13.3. The Kier molecular flexibility index (Phi) is 5.58. The molecule has 4 aromatic rings. The smallest absolute Gasteiger partial charge is 0.137 e. The van der Waals surface area contributed by atoms with Crippen molar-refractivity contribution in [2.75, 3.05) is 6.61 Å². The Morgan fingerprint density at radius 2 is 1.93 bits per heavy atom. The Morgan fingerprint density at radius 1 is 1.07 bits per heavy atom. The number of halogens is 1. The number of hydrogen-bond acceptors (Lipinski definition) is 5. The second-order valence-electron chi connectivity index (χ2n) is 6.66. The molecule has 0 saturated heterocycles. The highest BCUT2D eigenvalue weighted by Gasteiger charge is 2.13. The molecular formula is C22H20FN3OS. The maximum Gasteiger partial charge on any atom is 0.137 e. The highest BCUT2D eigenvalue weighted by atomic mass is 32.1. The predicted octanol–water partition coefficient (Wildman–Crippen LogP) is 5.60. The number of pyridine rings is 1. The maximum absolute atomic E-state index is 13.3. The van der Waals surface area contributed by atoms with Crippen molar-refractivity contribution in [3.05, 3.63) is 71.5 Å². The highest BCUT2D eigenvalue weighted by Crippen LogP contribution is 2.34. The Bertz CT molecular complexity index is 1080. The van der Waals surface area contributed by atoms with Gasteiger partial charge >= 0.3 is 0 Å². The van der Waals surface area contributed by atoms with Gasteiger partial charge < -0.3 is 4.74 Å². The first-order chi connectivity index (χ1) is 13.7. The van der Waals surface area contributed by atoms with E-state index >= 15 is 0 Å². The number of aryl methyl sites for hydroxylation is 2. The lowest BCUT2D eigenvalue weighted by Crippen LogP contribution is -2.00. The van der Waals surface area contributed by atoms with Gasteiger partial charge in [-0.25, -0.2) is 14.4 Å². The number of benzene rings is 1. The Balaban J connectivity index is 1.44. The molecule has 28 heavy (non-hydrogen) atoms. The van der Waals surface area contributed by atoms with E-state index in [4.69, 9.17) is 4.74 Å². The molecule has 0 unspecified atom stereocenters. The molecule has 0 aliphatic carbocycles. The molecule has 0 aliphatic rings. The second-order valence-corrected chi connectivity index (χ2v) is 7.52. The fraction of sp³-hybridized carbons (Fsp3) is 0.227. The zero-order valence-electron chi connectivity index (χ0n) is 15.6. The van der Waals surface area contributed by atoms with E-state index < -0.39 is 0 Å². The van der Waals surface area contributed by atoms with E-state index in [2.05, 4.69) is 20.3 Å². The van der Waals surface area contributed by atoms with E-state index in [1.165, 1.54) is 12.1 Å². The van der Waals surface area contributed by atoms with Crippen molar-refractivity contribution in [1.29, 1.82) is 0 Å². The third-order valence-corrected chi connectivity index (χ3v) is 5.42. The number of hydrogen-bond donors (Lipinski definition) is 0. The summed E-state index contributed by atoms with van der Waals surface area (Å²) in [4.78, 5) is 14.0. The monoisotopic (exact) mass is 393 g/mol. The summed E-state index contributed by atoms with van der Waals surface area (Å²) in [6.07, 6.45) is 7.91. The number of rotatable bonds is 7. The van der Waals surface area contributed by atoms with Crippen LogP contribution in [0.4, 0.5) is 4.39 Å². The summed E-state index contributed by atoms with van der Waals surface area (Å²) in [5, 5.41) is 3.15. The van der Waals surface area contributed by atoms with Gasteiger partial charge in [0.15, 0.2) is 0 Å². The second kappa shape index (κ2) is 8.44. The first kappa shape index (κ1) is 18.5. The topological polar surface area (TPSA) is 47.9 Å². The van der Waals surface area contributed by atoms with Crippen LogP contribution in [0.1, 0.15) is 24.1 Å². The van der Waals surface area contributed by atoms with Crippen molar-refractivity contribution in [3.8, 4) is 16.9 Å². The molecule has 142 valence electrons. The van der Waals surface area contributed by atoms with Crippen LogP contribution in [0.25, 0.3) is 21.3 Å². The number of ether oxygens (including phenoxy) is 1. The molecule has 4 rings (SSSR count). The van der Waals surface area contributed by atoms with Crippen molar-refractivity contribution in [3.63, 3.8) is 0 Å². The lowest BCUT2D eigenvalue weighted by Gasteiger charge is -2.07. The predicted molar refractivity (Wildman–Crippen MR) is 110 cm³/mol. The summed E-state index contributed by atoms with van der Waals surface area (Å²) < 4.78 is 19.0. The fourth-order valence-electron chi connectivity index (χ4n) is 3.16. The first-order valence-corrected chi connectivity index (χ1v) is 10.1. The van der Waals surface area contributed by atoms with E-state index in [9.17, 15) is 4.39 Å². The summed E-state index contributed by atoms with van der Waals surface area (Å²) in [5.74, 6) is 0.574. The molecule has 0 saturated carbocycles.